The summed E-state index contributed by atoms with van der Waals surface area (Å²) in [5, 5.41) is 7.19. The molecule has 0 saturated carbocycles. The number of carbonyl (C=O) groups is 1. The summed E-state index contributed by atoms with van der Waals surface area (Å²) in [7, 11) is 0. The highest BCUT2D eigenvalue weighted by Gasteiger charge is 2.25. The molecule has 0 spiro atoms. The van der Waals surface area contributed by atoms with E-state index in [1.807, 2.05) is 6.92 Å². The minimum absolute atomic E-state index is 0.0886. The molecule has 0 saturated heterocycles. The van der Waals surface area contributed by atoms with Crippen molar-refractivity contribution in [3.63, 3.8) is 0 Å². The average Bonchev–Trinajstić information content (AvgIpc) is 2.59. The third-order valence-corrected chi connectivity index (χ3v) is 3.94. The fourth-order valence-electron chi connectivity index (χ4n) is 3.02. The topological polar surface area (TPSA) is 124 Å². The number of halogens is 2. The maximum absolute atomic E-state index is 13.7. The molecular weight excluding hydrogens is 382 g/mol. The average molecular weight is 410 g/mol. The van der Waals surface area contributed by atoms with Gasteiger partial charge in [-0.2, -0.15) is 0 Å². The minimum atomic E-state index is -2.66. The molecule has 5 N–H and O–H groups in total. The first-order valence-electron chi connectivity index (χ1n) is 9.02. The van der Waals surface area contributed by atoms with Gasteiger partial charge in [-0.15, -0.1) is 0 Å². The van der Waals surface area contributed by atoms with Crippen LogP contribution in [0.5, 0.6) is 5.75 Å². The number of primary amides is 1. The van der Waals surface area contributed by atoms with Gasteiger partial charge in [-0.25, -0.2) is 13.6 Å². The number of ether oxygens (including phenoxy) is 1. The number of hydrogen-bond acceptors (Lipinski definition) is 5. The van der Waals surface area contributed by atoms with Gasteiger partial charge in [0.25, 0.3) is 6.43 Å². The van der Waals surface area contributed by atoms with E-state index in [1.54, 1.807) is 31.5 Å². The van der Waals surface area contributed by atoms with Crippen LogP contribution < -0.4 is 16.2 Å². The summed E-state index contributed by atoms with van der Waals surface area (Å²) in [5.41, 5.74) is 11.2. The van der Waals surface area contributed by atoms with Crippen molar-refractivity contribution in [1.82, 2.24) is 9.97 Å². The predicted octanol–water partition coefficient (Wildman–Crippen LogP) is 4.16. The molecular formula is C20H28F2N4O3. The highest BCUT2D eigenvalue weighted by Crippen LogP contribution is 2.36. The molecule has 0 bridgehead atoms. The summed E-state index contributed by atoms with van der Waals surface area (Å²) >= 11 is 0. The molecule has 2 heterocycles. The van der Waals surface area contributed by atoms with Crippen molar-refractivity contribution in [2.45, 2.75) is 46.1 Å². The van der Waals surface area contributed by atoms with Crippen molar-refractivity contribution in [2.75, 3.05) is 6.61 Å². The number of amides is 1. The van der Waals surface area contributed by atoms with Crippen molar-refractivity contribution < 1.29 is 23.4 Å². The lowest BCUT2D eigenvalue weighted by molar-refractivity contribution is 0.139. The first-order valence-corrected chi connectivity index (χ1v) is 9.02. The molecule has 2 aromatic heterocycles. The molecule has 0 fully saturated rings. The lowest BCUT2D eigenvalue weighted by atomic mass is 9.93. The van der Waals surface area contributed by atoms with Gasteiger partial charge < -0.3 is 21.3 Å². The van der Waals surface area contributed by atoms with E-state index in [2.05, 4.69) is 29.5 Å². The smallest absolute Gasteiger partial charge is 0.402 e. The van der Waals surface area contributed by atoms with Crippen molar-refractivity contribution in [2.24, 2.45) is 17.4 Å². The van der Waals surface area contributed by atoms with E-state index in [0.717, 1.165) is 12.0 Å². The highest BCUT2D eigenvalue weighted by molar-refractivity contribution is 5.65. The standard InChI is InChI=1S/C19H25F2N3O.CH3NO2/c1-12(2)9-19(4,22)11-25-15-10-24-17(13(3)16(15)18(20)21)14-5-7-23-8-6-14;2-1(3)4/h5-8,10,12,18H,9,11,22H2,1-4H3;2H2,(H,3,4)/t19-;/m0./s1. The first-order chi connectivity index (χ1) is 13.4. The zero-order chi connectivity index (χ0) is 22.2. The Morgan fingerprint density at radius 1 is 1.31 bits per heavy atom. The molecule has 2 rings (SSSR count). The van der Waals surface area contributed by atoms with Crippen LogP contribution in [-0.4, -0.2) is 33.3 Å². The second kappa shape index (κ2) is 10.7. The summed E-state index contributed by atoms with van der Waals surface area (Å²) < 4.78 is 33.0. The second-order valence-corrected chi connectivity index (χ2v) is 7.43. The Labute approximate surface area is 169 Å². The molecule has 0 unspecified atom stereocenters. The van der Waals surface area contributed by atoms with Crippen LogP contribution in [0.1, 0.15) is 44.7 Å². The summed E-state index contributed by atoms with van der Waals surface area (Å²) in [4.78, 5) is 17.0. The van der Waals surface area contributed by atoms with Gasteiger partial charge in [-0.05, 0) is 43.9 Å². The molecule has 0 aliphatic heterocycles. The summed E-state index contributed by atoms with van der Waals surface area (Å²) in [6, 6.07) is 3.48. The molecule has 9 heteroatoms. The quantitative estimate of drug-likeness (QED) is 0.630. The number of nitrogens with two attached hydrogens (primary N) is 2. The number of rotatable bonds is 7. The van der Waals surface area contributed by atoms with Crippen LogP contribution in [0, 0.1) is 12.8 Å². The van der Waals surface area contributed by atoms with Gasteiger partial charge in [0.15, 0.2) is 0 Å². The van der Waals surface area contributed by atoms with Gasteiger partial charge in [0, 0.05) is 23.5 Å². The molecule has 1 atom stereocenters. The van der Waals surface area contributed by atoms with Gasteiger partial charge in [0.05, 0.1) is 17.5 Å². The second-order valence-electron chi connectivity index (χ2n) is 7.43. The van der Waals surface area contributed by atoms with Gasteiger partial charge >= 0.3 is 6.09 Å². The van der Waals surface area contributed by atoms with Gasteiger partial charge in [0.1, 0.15) is 12.4 Å². The van der Waals surface area contributed by atoms with Crippen LogP contribution in [-0.2, 0) is 0 Å². The summed E-state index contributed by atoms with van der Waals surface area (Å²) in [6.07, 6.45) is 1.31. The monoisotopic (exact) mass is 410 g/mol. The lowest BCUT2D eigenvalue weighted by Gasteiger charge is -2.27. The Hall–Kier alpha value is -2.81. The van der Waals surface area contributed by atoms with E-state index >= 15 is 0 Å². The largest absolute Gasteiger partial charge is 0.490 e. The predicted molar refractivity (Wildman–Crippen MR) is 107 cm³/mol. The number of carboxylic acid groups (broad SMARTS) is 1. The molecule has 2 aromatic rings. The maximum Gasteiger partial charge on any atom is 0.402 e. The van der Waals surface area contributed by atoms with Crippen LogP contribution >= 0.6 is 0 Å². The molecule has 0 aliphatic rings. The number of aromatic nitrogens is 2. The van der Waals surface area contributed by atoms with E-state index in [-0.39, 0.29) is 17.9 Å². The van der Waals surface area contributed by atoms with E-state index in [4.69, 9.17) is 20.4 Å². The Bertz CT molecular complexity index is 796. The normalized spacial score (nSPS) is 12.9. The number of pyridine rings is 2. The zero-order valence-corrected chi connectivity index (χ0v) is 17.0. The molecule has 160 valence electrons. The SMILES string of the molecule is Cc1c(-c2ccncc2)ncc(OC[C@@](C)(N)CC(C)C)c1C(F)F.NC(=O)O. The van der Waals surface area contributed by atoms with Gasteiger partial charge in [-0.3, -0.25) is 9.97 Å². The Balaban J connectivity index is 0.000000960. The van der Waals surface area contributed by atoms with Crippen LogP contribution in [0.15, 0.2) is 30.7 Å². The van der Waals surface area contributed by atoms with Gasteiger partial charge in [-0.1, -0.05) is 13.8 Å². The van der Waals surface area contributed by atoms with Crippen molar-refractivity contribution >= 4 is 6.09 Å². The van der Waals surface area contributed by atoms with Crippen molar-refractivity contribution in [1.29, 1.82) is 0 Å². The molecule has 1 amide bonds. The fraction of sp³-hybridized carbons (Fsp3) is 0.450. The van der Waals surface area contributed by atoms with Crippen LogP contribution in [0.4, 0.5) is 13.6 Å². The highest BCUT2D eigenvalue weighted by atomic mass is 19.3. The first kappa shape index (κ1) is 24.2. The lowest BCUT2D eigenvalue weighted by Crippen LogP contribution is -2.43. The molecule has 7 nitrogen and oxygen atoms in total. The number of alkyl halides is 2. The molecule has 0 aliphatic carbocycles. The number of hydrogen-bond donors (Lipinski definition) is 3. The zero-order valence-electron chi connectivity index (χ0n) is 17.0. The van der Waals surface area contributed by atoms with Crippen LogP contribution in [0.25, 0.3) is 11.3 Å². The van der Waals surface area contributed by atoms with E-state index in [1.165, 1.54) is 6.20 Å². The van der Waals surface area contributed by atoms with Crippen molar-refractivity contribution in [3.8, 4) is 17.0 Å². The summed E-state index contributed by atoms with van der Waals surface area (Å²) in [6.45, 7) is 7.77. The van der Waals surface area contributed by atoms with E-state index in [9.17, 15) is 8.78 Å². The maximum atomic E-state index is 13.7. The molecule has 0 aromatic carbocycles. The Morgan fingerprint density at radius 2 is 1.86 bits per heavy atom. The fourth-order valence-corrected chi connectivity index (χ4v) is 3.02. The third kappa shape index (κ3) is 7.98. The van der Waals surface area contributed by atoms with Crippen molar-refractivity contribution in [3.05, 3.63) is 41.9 Å². The Kier molecular flexibility index (Phi) is 8.90. The number of nitrogens with zero attached hydrogens (tertiary/aromatic N) is 2. The van der Waals surface area contributed by atoms with E-state index < -0.39 is 18.1 Å². The van der Waals surface area contributed by atoms with Gasteiger partial charge in [0.2, 0.25) is 0 Å². The summed E-state index contributed by atoms with van der Waals surface area (Å²) in [5.74, 6) is 0.479. The van der Waals surface area contributed by atoms with Crippen LogP contribution in [0.3, 0.4) is 0 Å². The molecule has 0 radical (unpaired) electrons. The third-order valence-electron chi connectivity index (χ3n) is 3.94. The van der Waals surface area contributed by atoms with Crippen LogP contribution in [0.2, 0.25) is 0 Å². The molecule has 29 heavy (non-hydrogen) atoms. The minimum Gasteiger partial charge on any atom is -0.490 e. The Morgan fingerprint density at radius 3 is 2.34 bits per heavy atom. The van der Waals surface area contributed by atoms with E-state index in [0.29, 0.717) is 17.2 Å².